The molecule has 3 rings (SSSR count). The van der Waals surface area contributed by atoms with Gasteiger partial charge in [-0.2, -0.15) is 0 Å². The van der Waals surface area contributed by atoms with E-state index in [4.69, 9.17) is 0 Å². The number of allylic oxidation sites excluding steroid dienone is 4. The summed E-state index contributed by atoms with van der Waals surface area (Å²) in [6, 6.07) is 0. The number of hydrogen-bond donors (Lipinski definition) is 0. The molecule has 0 aromatic carbocycles. The van der Waals surface area contributed by atoms with E-state index in [2.05, 4.69) is 25.2 Å². The smallest absolute Gasteiger partial charge is 0.0126 e. The molecule has 3 aliphatic carbocycles. The highest BCUT2D eigenvalue weighted by atomic mass is 14.6. The van der Waals surface area contributed by atoms with Crippen LogP contribution in [0.3, 0.4) is 0 Å². The molecular weight excluding hydrogens is 156 g/mol. The highest BCUT2D eigenvalue weighted by molar-refractivity contribution is 5.35. The molecule has 0 amide bonds. The topological polar surface area (TPSA) is 0 Å². The zero-order chi connectivity index (χ0) is 8.94. The van der Waals surface area contributed by atoms with Gasteiger partial charge in [0.15, 0.2) is 0 Å². The maximum Gasteiger partial charge on any atom is 0.0126 e. The fourth-order valence-corrected chi connectivity index (χ4v) is 4.05. The molecule has 0 heteroatoms. The van der Waals surface area contributed by atoms with Crippen LogP contribution in [0.15, 0.2) is 23.8 Å². The van der Waals surface area contributed by atoms with Gasteiger partial charge in [0.1, 0.15) is 0 Å². The summed E-state index contributed by atoms with van der Waals surface area (Å²) in [5.74, 6) is 0. The molecule has 1 saturated carbocycles. The quantitative estimate of drug-likeness (QED) is 0.489. The lowest BCUT2D eigenvalue weighted by Gasteiger charge is -2.44. The van der Waals surface area contributed by atoms with Crippen molar-refractivity contribution in [3.05, 3.63) is 23.8 Å². The maximum atomic E-state index is 2.58. The molecule has 0 heterocycles. The minimum absolute atomic E-state index is 0.509. The molecule has 0 radical (unpaired) electrons. The molecule has 3 aliphatic rings. The van der Waals surface area contributed by atoms with Gasteiger partial charge in [-0.05, 0) is 38.0 Å². The molecule has 2 atom stereocenters. The van der Waals surface area contributed by atoms with Gasteiger partial charge in [0.05, 0.1) is 0 Å². The van der Waals surface area contributed by atoms with Gasteiger partial charge in [0, 0.05) is 5.41 Å². The molecule has 70 valence electrons. The van der Waals surface area contributed by atoms with E-state index in [0.29, 0.717) is 10.8 Å². The SMILES string of the molecule is CC1=C[C@@]23C=CC[C@@]2(CCCC3)C1. The average molecular weight is 174 g/mol. The summed E-state index contributed by atoms with van der Waals surface area (Å²) in [7, 11) is 0. The lowest BCUT2D eigenvalue weighted by Crippen LogP contribution is -2.35. The van der Waals surface area contributed by atoms with Gasteiger partial charge in [0.2, 0.25) is 0 Å². The van der Waals surface area contributed by atoms with Crippen molar-refractivity contribution in [2.75, 3.05) is 0 Å². The van der Waals surface area contributed by atoms with E-state index in [1.54, 1.807) is 5.57 Å². The molecule has 0 spiro atoms. The summed E-state index contributed by atoms with van der Waals surface area (Å²) in [5.41, 5.74) is 2.80. The summed E-state index contributed by atoms with van der Waals surface area (Å²) >= 11 is 0. The van der Waals surface area contributed by atoms with E-state index in [0.717, 1.165) is 0 Å². The average Bonchev–Trinajstić information content (AvgIpc) is 2.54. The second-order valence-electron chi connectivity index (χ2n) is 5.30. The number of hydrogen-bond acceptors (Lipinski definition) is 0. The summed E-state index contributed by atoms with van der Waals surface area (Å²) < 4.78 is 0. The van der Waals surface area contributed by atoms with Crippen molar-refractivity contribution in [3.63, 3.8) is 0 Å². The van der Waals surface area contributed by atoms with Crippen LogP contribution in [0.4, 0.5) is 0 Å². The normalized spacial score (nSPS) is 47.3. The molecule has 0 N–H and O–H groups in total. The molecule has 0 aliphatic heterocycles. The van der Waals surface area contributed by atoms with Crippen LogP contribution in [0.2, 0.25) is 0 Å². The fraction of sp³-hybridized carbons (Fsp3) is 0.692. The Balaban J connectivity index is 2.09. The third kappa shape index (κ3) is 0.820. The van der Waals surface area contributed by atoms with Crippen molar-refractivity contribution in [2.45, 2.75) is 45.4 Å². The van der Waals surface area contributed by atoms with Gasteiger partial charge in [0.25, 0.3) is 0 Å². The van der Waals surface area contributed by atoms with E-state index in [9.17, 15) is 0 Å². The second-order valence-corrected chi connectivity index (χ2v) is 5.30. The molecule has 0 nitrogen and oxygen atoms in total. The first-order chi connectivity index (χ1) is 6.27. The first kappa shape index (κ1) is 7.84. The van der Waals surface area contributed by atoms with E-state index in [1.807, 2.05) is 0 Å². The molecule has 0 unspecified atom stereocenters. The first-order valence-corrected chi connectivity index (χ1v) is 5.63. The predicted molar refractivity (Wildman–Crippen MR) is 55.5 cm³/mol. The highest BCUT2D eigenvalue weighted by Gasteiger charge is 2.54. The third-order valence-corrected chi connectivity index (χ3v) is 4.53. The van der Waals surface area contributed by atoms with Crippen LogP contribution in [0.25, 0.3) is 0 Å². The maximum absolute atomic E-state index is 2.58. The van der Waals surface area contributed by atoms with E-state index in [-0.39, 0.29) is 0 Å². The Kier molecular flexibility index (Phi) is 1.38. The van der Waals surface area contributed by atoms with Crippen LogP contribution in [0.5, 0.6) is 0 Å². The van der Waals surface area contributed by atoms with Crippen LogP contribution in [-0.2, 0) is 0 Å². The summed E-state index contributed by atoms with van der Waals surface area (Å²) in [6.45, 7) is 2.32. The molecular formula is C13H18. The van der Waals surface area contributed by atoms with Crippen molar-refractivity contribution in [1.82, 2.24) is 0 Å². The minimum atomic E-state index is 0.509. The summed E-state index contributed by atoms with van der Waals surface area (Å²) in [5, 5.41) is 0. The van der Waals surface area contributed by atoms with Crippen LogP contribution in [-0.4, -0.2) is 0 Å². The van der Waals surface area contributed by atoms with E-state index >= 15 is 0 Å². The fourth-order valence-electron chi connectivity index (χ4n) is 4.05. The lowest BCUT2D eigenvalue weighted by molar-refractivity contribution is 0.102. The summed E-state index contributed by atoms with van der Waals surface area (Å²) in [4.78, 5) is 0. The third-order valence-electron chi connectivity index (χ3n) is 4.53. The predicted octanol–water partition coefficient (Wildman–Crippen LogP) is 3.84. The Labute approximate surface area is 80.7 Å². The Morgan fingerprint density at radius 1 is 1.23 bits per heavy atom. The van der Waals surface area contributed by atoms with Gasteiger partial charge >= 0.3 is 0 Å². The molecule has 1 fully saturated rings. The molecule has 0 aromatic rings. The van der Waals surface area contributed by atoms with E-state index < -0.39 is 0 Å². The Bertz CT molecular complexity index is 297. The zero-order valence-electron chi connectivity index (χ0n) is 8.47. The van der Waals surface area contributed by atoms with Crippen molar-refractivity contribution in [3.8, 4) is 0 Å². The summed E-state index contributed by atoms with van der Waals surface area (Å²) in [6.07, 6.45) is 16.0. The van der Waals surface area contributed by atoms with Gasteiger partial charge in [-0.25, -0.2) is 0 Å². The molecule has 0 saturated heterocycles. The van der Waals surface area contributed by atoms with Crippen LogP contribution >= 0.6 is 0 Å². The van der Waals surface area contributed by atoms with Gasteiger partial charge in [-0.3, -0.25) is 0 Å². The largest absolute Gasteiger partial charge is 0.0870 e. The lowest BCUT2D eigenvalue weighted by atomic mass is 9.59. The number of rotatable bonds is 0. The highest BCUT2D eigenvalue weighted by Crippen LogP contribution is 2.64. The Hall–Kier alpha value is -0.520. The van der Waals surface area contributed by atoms with Gasteiger partial charge < -0.3 is 0 Å². The minimum Gasteiger partial charge on any atom is -0.0870 e. The van der Waals surface area contributed by atoms with Crippen LogP contribution < -0.4 is 0 Å². The van der Waals surface area contributed by atoms with Crippen molar-refractivity contribution in [2.24, 2.45) is 10.8 Å². The Morgan fingerprint density at radius 2 is 2.08 bits per heavy atom. The molecule has 13 heavy (non-hydrogen) atoms. The van der Waals surface area contributed by atoms with Gasteiger partial charge in [-0.1, -0.05) is 36.6 Å². The molecule has 0 aromatic heterocycles. The van der Waals surface area contributed by atoms with Crippen molar-refractivity contribution in [1.29, 1.82) is 0 Å². The van der Waals surface area contributed by atoms with Crippen molar-refractivity contribution >= 4 is 0 Å². The Morgan fingerprint density at radius 3 is 2.92 bits per heavy atom. The molecule has 0 bridgehead atoms. The monoisotopic (exact) mass is 174 g/mol. The first-order valence-electron chi connectivity index (χ1n) is 5.63. The zero-order valence-corrected chi connectivity index (χ0v) is 8.47. The van der Waals surface area contributed by atoms with Crippen molar-refractivity contribution < 1.29 is 0 Å². The van der Waals surface area contributed by atoms with Crippen LogP contribution in [0, 0.1) is 10.8 Å². The van der Waals surface area contributed by atoms with E-state index in [1.165, 1.54) is 38.5 Å². The van der Waals surface area contributed by atoms with Gasteiger partial charge in [-0.15, -0.1) is 0 Å². The van der Waals surface area contributed by atoms with Crippen LogP contribution in [0.1, 0.15) is 45.4 Å². The standard InChI is InChI=1S/C13H18/c1-11-9-12-5-2-3-6-13(12,10-11)8-4-7-12/h4,7,9H,2-3,5-6,8,10H2,1H3/t12-,13+/m1/s1. The second kappa shape index (κ2) is 2.29.